The molecule has 0 spiro atoms. The number of hydrogen-bond donors (Lipinski definition) is 1. The average molecular weight is 323 g/mol. The van der Waals surface area contributed by atoms with Crippen LogP contribution >= 0.6 is 11.3 Å². The number of aromatic nitrogens is 1. The molecule has 0 radical (unpaired) electrons. The van der Waals surface area contributed by atoms with E-state index in [-0.39, 0.29) is 0 Å². The van der Waals surface area contributed by atoms with Gasteiger partial charge in [0.25, 0.3) is 0 Å². The number of pyridine rings is 1. The highest BCUT2D eigenvalue weighted by Crippen LogP contribution is 2.36. The first kappa shape index (κ1) is 14.8. The third-order valence-corrected chi connectivity index (χ3v) is 5.62. The van der Waals surface area contributed by atoms with Gasteiger partial charge in [0.05, 0.1) is 11.6 Å². The van der Waals surface area contributed by atoms with Gasteiger partial charge in [-0.1, -0.05) is 18.2 Å². The summed E-state index contributed by atoms with van der Waals surface area (Å²) in [5.41, 5.74) is 3.81. The number of thiophene rings is 1. The van der Waals surface area contributed by atoms with E-state index in [1.54, 1.807) is 0 Å². The zero-order valence-corrected chi connectivity index (χ0v) is 14.1. The van der Waals surface area contributed by atoms with Gasteiger partial charge in [0, 0.05) is 42.6 Å². The predicted octanol–water partition coefficient (Wildman–Crippen LogP) is 3.60. The van der Waals surface area contributed by atoms with Crippen molar-refractivity contribution in [2.45, 2.75) is 13.0 Å². The van der Waals surface area contributed by atoms with Gasteiger partial charge in [-0.15, -0.1) is 11.3 Å². The van der Waals surface area contributed by atoms with Crippen LogP contribution in [0.4, 0.5) is 0 Å². The topological polar surface area (TPSA) is 28.2 Å². The average Bonchev–Trinajstić information content (AvgIpc) is 3.02. The maximum Gasteiger partial charge on any atom is 0.0705 e. The Morgan fingerprint density at radius 2 is 2.00 bits per heavy atom. The Labute approximate surface area is 141 Å². The molecule has 23 heavy (non-hydrogen) atoms. The molecule has 3 aromatic rings. The molecule has 0 amide bonds. The van der Waals surface area contributed by atoms with Crippen molar-refractivity contribution in [1.82, 2.24) is 15.2 Å². The third kappa shape index (κ3) is 2.90. The number of piperazine rings is 1. The molecule has 0 aliphatic carbocycles. The van der Waals surface area contributed by atoms with Crippen molar-refractivity contribution in [3.8, 4) is 0 Å². The van der Waals surface area contributed by atoms with Crippen LogP contribution in [0, 0.1) is 6.92 Å². The minimum absolute atomic E-state index is 0.323. The second-order valence-corrected chi connectivity index (χ2v) is 7.08. The molecule has 1 unspecified atom stereocenters. The summed E-state index contributed by atoms with van der Waals surface area (Å²) in [6.45, 7) is 6.46. The summed E-state index contributed by atoms with van der Waals surface area (Å²) in [5.74, 6) is 0. The lowest BCUT2D eigenvalue weighted by Gasteiger charge is -2.35. The first-order valence-corrected chi connectivity index (χ1v) is 9.04. The van der Waals surface area contributed by atoms with E-state index in [2.05, 4.69) is 63.9 Å². The molecular weight excluding hydrogens is 302 g/mol. The van der Waals surface area contributed by atoms with E-state index >= 15 is 0 Å². The quantitative estimate of drug-likeness (QED) is 0.798. The number of para-hydroxylation sites is 1. The fourth-order valence-corrected chi connectivity index (χ4v) is 4.47. The molecule has 0 saturated carbocycles. The van der Waals surface area contributed by atoms with Crippen LogP contribution in [0.3, 0.4) is 0 Å². The number of aryl methyl sites for hydroxylation is 1. The largest absolute Gasteiger partial charge is 0.314 e. The highest BCUT2D eigenvalue weighted by Gasteiger charge is 2.26. The van der Waals surface area contributed by atoms with Crippen molar-refractivity contribution in [3.05, 3.63) is 64.0 Å². The lowest BCUT2D eigenvalue weighted by molar-refractivity contribution is 0.201. The molecule has 4 heteroatoms. The van der Waals surface area contributed by atoms with E-state index in [9.17, 15) is 0 Å². The molecule has 1 N–H and O–H groups in total. The summed E-state index contributed by atoms with van der Waals surface area (Å²) in [7, 11) is 0. The van der Waals surface area contributed by atoms with E-state index < -0.39 is 0 Å². The normalized spacial score (nSPS) is 17.4. The number of rotatable bonds is 3. The van der Waals surface area contributed by atoms with Gasteiger partial charge in [0.2, 0.25) is 0 Å². The van der Waals surface area contributed by atoms with Crippen molar-refractivity contribution in [1.29, 1.82) is 0 Å². The fourth-order valence-electron chi connectivity index (χ4n) is 3.42. The van der Waals surface area contributed by atoms with Gasteiger partial charge >= 0.3 is 0 Å². The van der Waals surface area contributed by atoms with Gasteiger partial charge in [-0.05, 0) is 41.6 Å². The second kappa shape index (κ2) is 6.40. The van der Waals surface area contributed by atoms with Gasteiger partial charge in [-0.2, -0.15) is 0 Å². The molecule has 3 heterocycles. The van der Waals surface area contributed by atoms with Crippen LogP contribution in [0.2, 0.25) is 0 Å². The zero-order valence-electron chi connectivity index (χ0n) is 13.3. The summed E-state index contributed by atoms with van der Waals surface area (Å²) in [4.78, 5) is 8.57. The molecule has 1 saturated heterocycles. The highest BCUT2D eigenvalue weighted by atomic mass is 32.1. The van der Waals surface area contributed by atoms with Crippen LogP contribution in [0.15, 0.2) is 48.0 Å². The molecular formula is C19H21N3S. The first-order chi connectivity index (χ1) is 11.3. The molecule has 0 bridgehead atoms. The molecule has 118 valence electrons. The Balaban J connectivity index is 1.86. The molecule has 1 aliphatic heterocycles. The van der Waals surface area contributed by atoms with Gasteiger partial charge in [0.1, 0.15) is 0 Å². The SMILES string of the molecule is Cc1csc(C(c2ccnc3ccccc23)N2CCNCC2)c1. The van der Waals surface area contributed by atoms with E-state index in [4.69, 9.17) is 0 Å². The lowest BCUT2D eigenvalue weighted by Crippen LogP contribution is -2.45. The molecule has 2 aromatic heterocycles. The maximum absolute atomic E-state index is 4.54. The van der Waals surface area contributed by atoms with Crippen molar-refractivity contribution < 1.29 is 0 Å². The summed E-state index contributed by atoms with van der Waals surface area (Å²) < 4.78 is 0. The van der Waals surface area contributed by atoms with Crippen molar-refractivity contribution in [2.75, 3.05) is 26.2 Å². The Kier molecular flexibility index (Phi) is 4.12. The zero-order chi connectivity index (χ0) is 15.6. The standard InChI is InChI=1S/C19H21N3S/c1-14-12-18(23-13-14)19(22-10-8-20-9-11-22)16-6-7-21-17-5-3-2-4-15(16)17/h2-7,12-13,19-20H,8-11H2,1H3. The first-order valence-electron chi connectivity index (χ1n) is 8.16. The predicted molar refractivity (Wildman–Crippen MR) is 97.1 cm³/mol. The molecule has 3 nitrogen and oxygen atoms in total. The molecule has 1 atom stereocenters. The summed E-state index contributed by atoms with van der Waals surface area (Å²) in [6, 6.07) is 13.3. The number of nitrogens with zero attached hydrogens (tertiary/aromatic N) is 2. The van der Waals surface area contributed by atoms with Crippen LogP contribution < -0.4 is 5.32 Å². The summed E-state index contributed by atoms with van der Waals surface area (Å²) in [6.07, 6.45) is 1.95. The van der Waals surface area contributed by atoms with Gasteiger partial charge in [-0.3, -0.25) is 9.88 Å². The Bertz CT molecular complexity index is 800. The van der Waals surface area contributed by atoms with Gasteiger partial charge in [0.15, 0.2) is 0 Å². The van der Waals surface area contributed by atoms with E-state index in [0.717, 1.165) is 31.7 Å². The number of fused-ring (bicyclic) bond motifs is 1. The Morgan fingerprint density at radius 1 is 1.17 bits per heavy atom. The smallest absolute Gasteiger partial charge is 0.0705 e. The third-order valence-electron chi connectivity index (χ3n) is 4.51. The van der Waals surface area contributed by atoms with Gasteiger partial charge in [-0.25, -0.2) is 0 Å². The maximum atomic E-state index is 4.54. The fraction of sp³-hybridized carbons (Fsp3) is 0.316. The monoisotopic (exact) mass is 323 g/mol. The van der Waals surface area contributed by atoms with E-state index in [0.29, 0.717) is 6.04 Å². The van der Waals surface area contributed by atoms with Gasteiger partial charge < -0.3 is 5.32 Å². The number of nitrogens with one attached hydrogen (secondary N) is 1. The molecule has 1 aromatic carbocycles. The van der Waals surface area contributed by atoms with Crippen LogP contribution in [0.1, 0.15) is 22.0 Å². The minimum atomic E-state index is 0.323. The van der Waals surface area contributed by atoms with Crippen molar-refractivity contribution in [2.24, 2.45) is 0 Å². The van der Waals surface area contributed by atoms with Crippen molar-refractivity contribution in [3.63, 3.8) is 0 Å². The Morgan fingerprint density at radius 3 is 2.78 bits per heavy atom. The van der Waals surface area contributed by atoms with Crippen LogP contribution in [0.25, 0.3) is 10.9 Å². The lowest BCUT2D eigenvalue weighted by atomic mass is 9.98. The summed E-state index contributed by atoms with van der Waals surface area (Å²) in [5, 5.41) is 6.99. The summed E-state index contributed by atoms with van der Waals surface area (Å²) >= 11 is 1.87. The second-order valence-electron chi connectivity index (χ2n) is 6.13. The minimum Gasteiger partial charge on any atom is -0.314 e. The van der Waals surface area contributed by atoms with Crippen LogP contribution in [-0.2, 0) is 0 Å². The van der Waals surface area contributed by atoms with Crippen molar-refractivity contribution >= 4 is 22.2 Å². The van der Waals surface area contributed by atoms with Crippen LogP contribution in [-0.4, -0.2) is 36.1 Å². The number of hydrogen-bond acceptors (Lipinski definition) is 4. The molecule has 1 fully saturated rings. The van der Waals surface area contributed by atoms with E-state index in [1.807, 2.05) is 17.5 Å². The van der Waals surface area contributed by atoms with E-state index in [1.165, 1.54) is 21.4 Å². The molecule has 1 aliphatic rings. The Hall–Kier alpha value is -1.75. The van der Waals surface area contributed by atoms with Crippen LogP contribution in [0.5, 0.6) is 0 Å². The molecule has 4 rings (SSSR count). The number of benzene rings is 1. The highest BCUT2D eigenvalue weighted by molar-refractivity contribution is 7.10.